The summed E-state index contributed by atoms with van der Waals surface area (Å²) in [4.78, 5) is 16.8. The van der Waals surface area contributed by atoms with Gasteiger partial charge in [-0.3, -0.25) is 9.79 Å². The Kier molecular flexibility index (Phi) is 9.31. The van der Waals surface area contributed by atoms with E-state index in [-0.39, 0.29) is 35.8 Å². The Morgan fingerprint density at radius 3 is 2.97 bits per heavy atom. The maximum atomic E-state index is 12.0. The molecule has 2 aliphatic rings. The van der Waals surface area contributed by atoms with Crippen LogP contribution in [0.25, 0.3) is 0 Å². The number of fused-ring (bicyclic) bond motifs is 2. The lowest BCUT2D eigenvalue weighted by molar-refractivity contribution is -0.116. The number of hydrogen-bond donors (Lipinski definition) is 3. The highest BCUT2D eigenvalue weighted by Gasteiger charge is 2.24. The van der Waals surface area contributed by atoms with Crippen molar-refractivity contribution in [3.63, 3.8) is 0 Å². The molecule has 3 N–H and O–H groups in total. The van der Waals surface area contributed by atoms with Crippen molar-refractivity contribution in [1.82, 2.24) is 25.4 Å². The Hall–Kier alpha value is -2.17. The van der Waals surface area contributed by atoms with Crippen LogP contribution >= 0.6 is 24.0 Å². The van der Waals surface area contributed by atoms with Gasteiger partial charge in [0.1, 0.15) is 11.6 Å². The molecule has 4 rings (SSSR count). The average Bonchev–Trinajstić information content (AvgIpc) is 3.00. The molecule has 1 aromatic carbocycles. The maximum absolute atomic E-state index is 12.0. The summed E-state index contributed by atoms with van der Waals surface area (Å²) in [6, 6.07) is 8.00. The molecule has 174 valence electrons. The van der Waals surface area contributed by atoms with Crippen LogP contribution in [0.1, 0.15) is 62.2 Å². The van der Waals surface area contributed by atoms with Gasteiger partial charge in [0.25, 0.3) is 0 Å². The number of carbonyl (C=O) groups excluding carboxylic acids is 1. The topological polar surface area (TPSA) is 96.2 Å². The van der Waals surface area contributed by atoms with Gasteiger partial charge in [0.05, 0.1) is 6.54 Å². The van der Waals surface area contributed by atoms with Crippen molar-refractivity contribution < 1.29 is 4.79 Å². The first kappa shape index (κ1) is 24.5. The molecule has 0 aliphatic carbocycles. The minimum atomic E-state index is 0. The Morgan fingerprint density at radius 2 is 2.09 bits per heavy atom. The molecule has 1 atom stereocenters. The lowest BCUT2D eigenvalue weighted by Gasteiger charge is -2.24. The van der Waals surface area contributed by atoms with Crippen LogP contribution in [0, 0.1) is 0 Å². The minimum absolute atomic E-state index is 0. The highest BCUT2D eigenvalue weighted by Crippen LogP contribution is 2.31. The average molecular weight is 551 g/mol. The van der Waals surface area contributed by atoms with Gasteiger partial charge in [0.15, 0.2) is 5.96 Å². The number of para-hydroxylation sites is 1. The molecule has 0 spiro atoms. The van der Waals surface area contributed by atoms with Crippen molar-refractivity contribution in [3.05, 3.63) is 41.5 Å². The zero-order valence-corrected chi connectivity index (χ0v) is 21.1. The van der Waals surface area contributed by atoms with E-state index in [9.17, 15) is 4.79 Å². The largest absolute Gasteiger partial charge is 0.357 e. The van der Waals surface area contributed by atoms with E-state index < -0.39 is 0 Å². The molecule has 2 aliphatic heterocycles. The zero-order chi connectivity index (χ0) is 21.5. The Morgan fingerprint density at radius 1 is 1.22 bits per heavy atom. The van der Waals surface area contributed by atoms with Crippen molar-refractivity contribution in [2.75, 3.05) is 25.0 Å². The number of halogens is 1. The Labute approximate surface area is 207 Å². The third-order valence-electron chi connectivity index (χ3n) is 5.98. The van der Waals surface area contributed by atoms with Crippen LogP contribution < -0.4 is 16.0 Å². The number of amides is 1. The summed E-state index contributed by atoms with van der Waals surface area (Å²) in [6.07, 6.45) is 7.11. The molecule has 2 aromatic rings. The highest BCUT2D eigenvalue weighted by molar-refractivity contribution is 14.0. The van der Waals surface area contributed by atoms with Crippen molar-refractivity contribution >= 4 is 41.5 Å². The molecule has 0 saturated heterocycles. The number of hydrogen-bond acceptors (Lipinski definition) is 4. The lowest BCUT2D eigenvalue weighted by atomic mass is 9.91. The first-order valence-corrected chi connectivity index (χ1v) is 11.6. The molecule has 8 nitrogen and oxygen atoms in total. The summed E-state index contributed by atoms with van der Waals surface area (Å²) in [5.41, 5.74) is 2.07. The van der Waals surface area contributed by atoms with Crippen molar-refractivity contribution in [2.45, 2.75) is 64.3 Å². The fourth-order valence-corrected chi connectivity index (χ4v) is 4.39. The standard InChI is InChI=1S/C23H33N7O.HI/c1-2-24-23(26-16-17-15-22(31)27-19-10-6-5-9-18(17)19)25-13-8-12-21-29-28-20-11-4-3-7-14-30(20)21;/h5-6,9-10,17H,2-4,7-8,11-16H2,1H3,(H,27,31)(H2,24,25,26);1H. The van der Waals surface area contributed by atoms with Gasteiger partial charge in [0.2, 0.25) is 5.91 Å². The van der Waals surface area contributed by atoms with Crippen LogP contribution in [0.3, 0.4) is 0 Å². The Bertz CT molecular complexity index is 927. The van der Waals surface area contributed by atoms with Gasteiger partial charge < -0.3 is 20.5 Å². The molecule has 32 heavy (non-hydrogen) atoms. The second-order valence-electron chi connectivity index (χ2n) is 8.28. The van der Waals surface area contributed by atoms with E-state index in [4.69, 9.17) is 4.99 Å². The molecule has 0 bridgehead atoms. The number of carbonyl (C=O) groups is 1. The second-order valence-corrected chi connectivity index (χ2v) is 8.28. The van der Waals surface area contributed by atoms with Crippen LogP contribution in [0.4, 0.5) is 5.69 Å². The lowest BCUT2D eigenvalue weighted by Crippen LogP contribution is -2.38. The van der Waals surface area contributed by atoms with Gasteiger partial charge in [-0.1, -0.05) is 24.6 Å². The van der Waals surface area contributed by atoms with Crippen molar-refractivity contribution in [2.24, 2.45) is 4.99 Å². The molecule has 0 fully saturated rings. The third kappa shape index (κ3) is 6.20. The number of nitrogens with one attached hydrogen (secondary N) is 3. The third-order valence-corrected chi connectivity index (χ3v) is 5.98. The van der Waals surface area contributed by atoms with Gasteiger partial charge in [-0.15, -0.1) is 34.2 Å². The molecule has 1 aromatic heterocycles. The predicted molar refractivity (Wildman–Crippen MR) is 138 cm³/mol. The number of aryl methyl sites for hydroxylation is 2. The number of aromatic nitrogens is 3. The highest BCUT2D eigenvalue weighted by atomic mass is 127. The predicted octanol–water partition coefficient (Wildman–Crippen LogP) is 3.24. The first-order valence-electron chi connectivity index (χ1n) is 11.6. The quantitative estimate of drug-likeness (QED) is 0.213. The van der Waals surface area contributed by atoms with E-state index in [0.717, 1.165) is 67.8 Å². The second kappa shape index (κ2) is 12.2. The molecule has 0 radical (unpaired) electrons. The van der Waals surface area contributed by atoms with E-state index in [1.54, 1.807) is 0 Å². The summed E-state index contributed by atoms with van der Waals surface area (Å²) >= 11 is 0. The molecular weight excluding hydrogens is 517 g/mol. The van der Waals surface area contributed by atoms with E-state index in [2.05, 4.69) is 43.7 Å². The number of anilines is 1. The van der Waals surface area contributed by atoms with E-state index >= 15 is 0 Å². The maximum Gasteiger partial charge on any atom is 0.225 e. The van der Waals surface area contributed by atoms with Crippen LogP contribution in [0.15, 0.2) is 29.3 Å². The van der Waals surface area contributed by atoms with Gasteiger partial charge in [-0.05, 0) is 37.8 Å². The number of nitrogens with zero attached hydrogens (tertiary/aromatic N) is 4. The van der Waals surface area contributed by atoms with Crippen LogP contribution in [0.2, 0.25) is 0 Å². The molecule has 1 unspecified atom stereocenters. The monoisotopic (exact) mass is 551 g/mol. The SMILES string of the molecule is CCNC(=NCC1CC(=O)Nc2ccccc21)NCCCc1nnc2n1CCCCC2.I. The Balaban J connectivity index is 0.00000289. The zero-order valence-electron chi connectivity index (χ0n) is 18.8. The van der Waals surface area contributed by atoms with Gasteiger partial charge in [0, 0.05) is 50.5 Å². The van der Waals surface area contributed by atoms with Crippen LogP contribution in [-0.4, -0.2) is 46.3 Å². The number of benzene rings is 1. The summed E-state index contributed by atoms with van der Waals surface area (Å²) in [5.74, 6) is 3.21. The smallest absolute Gasteiger partial charge is 0.225 e. The summed E-state index contributed by atoms with van der Waals surface area (Å²) in [7, 11) is 0. The number of aliphatic imine (C=N–C) groups is 1. The molecule has 3 heterocycles. The van der Waals surface area contributed by atoms with Gasteiger partial charge in [-0.2, -0.15) is 0 Å². The fraction of sp³-hybridized carbons (Fsp3) is 0.565. The molecule has 9 heteroatoms. The fourth-order valence-electron chi connectivity index (χ4n) is 4.39. The van der Waals surface area contributed by atoms with E-state index in [1.165, 1.54) is 19.3 Å². The molecule has 0 saturated carbocycles. The van der Waals surface area contributed by atoms with Crippen LogP contribution in [0.5, 0.6) is 0 Å². The molecule has 1 amide bonds. The normalized spacial score (nSPS) is 18.0. The van der Waals surface area contributed by atoms with E-state index in [0.29, 0.717) is 13.0 Å². The van der Waals surface area contributed by atoms with Crippen molar-refractivity contribution in [3.8, 4) is 0 Å². The van der Waals surface area contributed by atoms with E-state index in [1.807, 2.05) is 18.2 Å². The number of guanidine groups is 1. The van der Waals surface area contributed by atoms with Crippen molar-refractivity contribution in [1.29, 1.82) is 0 Å². The van der Waals surface area contributed by atoms with Crippen LogP contribution in [-0.2, 0) is 24.2 Å². The summed E-state index contributed by atoms with van der Waals surface area (Å²) < 4.78 is 2.32. The summed E-state index contributed by atoms with van der Waals surface area (Å²) in [6.45, 7) is 5.30. The van der Waals surface area contributed by atoms with Gasteiger partial charge >= 0.3 is 0 Å². The first-order chi connectivity index (χ1) is 15.2. The number of rotatable bonds is 7. The molecular formula is C23H34IN7O. The summed E-state index contributed by atoms with van der Waals surface area (Å²) in [5, 5.41) is 18.5. The minimum Gasteiger partial charge on any atom is -0.357 e. The van der Waals surface area contributed by atoms with Gasteiger partial charge in [-0.25, -0.2) is 0 Å².